The lowest BCUT2D eigenvalue weighted by atomic mass is 10.3. The standard InChI is InChI=1S/C10H14N4O2/c1-8(15)12-7-10(16)14-13-6-9-2-4-11-5-3-9/h2-5,13H,6-7H2,1H3,(H,12,15)(H,14,16). The van der Waals surface area contributed by atoms with E-state index in [4.69, 9.17) is 0 Å². The summed E-state index contributed by atoms with van der Waals surface area (Å²) < 4.78 is 0. The average molecular weight is 222 g/mol. The van der Waals surface area contributed by atoms with Crippen molar-refractivity contribution in [1.29, 1.82) is 0 Å². The third-order valence-corrected chi connectivity index (χ3v) is 1.77. The van der Waals surface area contributed by atoms with Gasteiger partial charge in [0.05, 0.1) is 6.54 Å². The fourth-order valence-corrected chi connectivity index (χ4v) is 0.994. The molecule has 1 aromatic heterocycles. The van der Waals surface area contributed by atoms with E-state index in [1.807, 2.05) is 12.1 Å². The van der Waals surface area contributed by atoms with Crippen molar-refractivity contribution in [3.8, 4) is 0 Å². The molecule has 2 amide bonds. The number of nitrogens with one attached hydrogen (secondary N) is 3. The average Bonchev–Trinajstić information content (AvgIpc) is 2.28. The minimum absolute atomic E-state index is 0.0291. The molecule has 0 saturated heterocycles. The molecule has 0 unspecified atom stereocenters. The number of pyridine rings is 1. The molecule has 16 heavy (non-hydrogen) atoms. The second-order valence-corrected chi connectivity index (χ2v) is 3.17. The first-order valence-corrected chi connectivity index (χ1v) is 4.83. The molecule has 6 heteroatoms. The first kappa shape index (κ1) is 12.1. The van der Waals surface area contributed by atoms with Crippen molar-refractivity contribution in [3.05, 3.63) is 30.1 Å². The van der Waals surface area contributed by atoms with Gasteiger partial charge >= 0.3 is 0 Å². The molecule has 0 aliphatic heterocycles. The number of hydrazine groups is 1. The van der Waals surface area contributed by atoms with E-state index >= 15 is 0 Å². The summed E-state index contributed by atoms with van der Waals surface area (Å²) >= 11 is 0. The number of carbonyl (C=O) groups is 2. The molecule has 1 aromatic rings. The number of hydrogen-bond donors (Lipinski definition) is 3. The number of nitrogens with zero attached hydrogens (tertiary/aromatic N) is 1. The summed E-state index contributed by atoms with van der Waals surface area (Å²) in [4.78, 5) is 25.5. The lowest BCUT2D eigenvalue weighted by Gasteiger charge is -2.07. The maximum atomic E-state index is 11.1. The van der Waals surface area contributed by atoms with E-state index in [0.29, 0.717) is 6.54 Å². The fourth-order valence-electron chi connectivity index (χ4n) is 0.994. The molecule has 1 heterocycles. The van der Waals surface area contributed by atoms with Gasteiger partial charge in [0, 0.05) is 25.9 Å². The summed E-state index contributed by atoms with van der Waals surface area (Å²) in [6.45, 7) is 1.84. The van der Waals surface area contributed by atoms with Gasteiger partial charge in [0.25, 0.3) is 5.91 Å². The van der Waals surface area contributed by atoms with E-state index in [-0.39, 0.29) is 18.4 Å². The van der Waals surface area contributed by atoms with E-state index in [1.165, 1.54) is 6.92 Å². The molecule has 0 aromatic carbocycles. The van der Waals surface area contributed by atoms with E-state index < -0.39 is 0 Å². The Hall–Kier alpha value is -1.95. The van der Waals surface area contributed by atoms with Gasteiger partial charge in [-0.05, 0) is 17.7 Å². The Labute approximate surface area is 93.4 Å². The van der Waals surface area contributed by atoms with Crippen LogP contribution in [0.4, 0.5) is 0 Å². The van der Waals surface area contributed by atoms with Crippen LogP contribution in [0.5, 0.6) is 0 Å². The van der Waals surface area contributed by atoms with E-state index in [2.05, 4.69) is 21.2 Å². The van der Waals surface area contributed by atoms with Gasteiger partial charge < -0.3 is 5.32 Å². The third-order valence-electron chi connectivity index (χ3n) is 1.77. The van der Waals surface area contributed by atoms with E-state index in [9.17, 15) is 9.59 Å². The highest BCUT2D eigenvalue weighted by Gasteiger charge is 2.00. The summed E-state index contributed by atoms with van der Waals surface area (Å²) in [5, 5.41) is 2.39. The summed E-state index contributed by atoms with van der Waals surface area (Å²) in [5.74, 6) is -0.520. The number of rotatable bonds is 5. The van der Waals surface area contributed by atoms with Crippen molar-refractivity contribution in [1.82, 2.24) is 21.2 Å². The van der Waals surface area contributed by atoms with Crippen LogP contribution in [0.1, 0.15) is 12.5 Å². The smallest absolute Gasteiger partial charge is 0.253 e. The van der Waals surface area contributed by atoms with Gasteiger partial charge in [-0.15, -0.1) is 0 Å². The maximum absolute atomic E-state index is 11.1. The van der Waals surface area contributed by atoms with Crippen LogP contribution in [-0.2, 0) is 16.1 Å². The molecule has 0 aliphatic rings. The molecular formula is C10H14N4O2. The zero-order valence-electron chi connectivity index (χ0n) is 8.99. The molecular weight excluding hydrogens is 208 g/mol. The summed E-state index contributed by atoms with van der Waals surface area (Å²) in [7, 11) is 0. The molecule has 1 rings (SSSR count). The van der Waals surface area contributed by atoms with Crippen LogP contribution in [0, 0.1) is 0 Å². The fraction of sp³-hybridized carbons (Fsp3) is 0.300. The number of carbonyl (C=O) groups excluding carboxylic acids is 2. The predicted octanol–water partition coefficient (Wildman–Crippen LogP) is -0.661. The molecule has 0 bridgehead atoms. The van der Waals surface area contributed by atoms with Crippen LogP contribution in [0.3, 0.4) is 0 Å². The SMILES string of the molecule is CC(=O)NCC(=O)NNCc1ccncc1. The first-order valence-electron chi connectivity index (χ1n) is 4.83. The minimum Gasteiger partial charge on any atom is -0.347 e. The first-order chi connectivity index (χ1) is 7.68. The van der Waals surface area contributed by atoms with Crippen molar-refractivity contribution in [2.24, 2.45) is 0 Å². The largest absolute Gasteiger partial charge is 0.347 e. The molecule has 0 spiro atoms. The molecule has 0 fully saturated rings. The summed E-state index contributed by atoms with van der Waals surface area (Å²) in [6, 6.07) is 3.68. The Morgan fingerprint density at radius 3 is 2.62 bits per heavy atom. The van der Waals surface area contributed by atoms with Gasteiger partial charge in [-0.1, -0.05) is 0 Å². The van der Waals surface area contributed by atoms with Gasteiger partial charge in [-0.2, -0.15) is 0 Å². The van der Waals surface area contributed by atoms with Crippen LogP contribution < -0.4 is 16.2 Å². The highest BCUT2D eigenvalue weighted by atomic mass is 16.2. The molecule has 0 radical (unpaired) electrons. The van der Waals surface area contributed by atoms with Gasteiger partial charge in [0.1, 0.15) is 0 Å². The second kappa shape index (κ2) is 6.52. The van der Waals surface area contributed by atoms with Crippen LogP contribution in [0.25, 0.3) is 0 Å². The molecule has 6 nitrogen and oxygen atoms in total. The number of aromatic nitrogens is 1. The van der Waals surface area contributed by atoms with Crippen LogP contribution in [-0.4, -0.2) is 23.3 Å². The Balaban J connectivity index is 2.16. The molecule has 3 N–H and O–H groups in total. The molecule has 0 aliphatic carbocycles. The number of amides is 2. The van der Waals surface area contributed by atoms with Gasteiger partial charge in [-0.3, -0.25) is 20.0 Å². The van der Waals surface area contributed by atoms with Crippen molar-refractivity contribution < 1.29 is 9.59 Å². The molecule has 86 valence electrons. The lowest BCUT2D eigenvalue weighted by Crippen LogP contribution is -2.43. The third kappa shape index (κ3) is 5.06. The summed E-state index contributed by atoms with van der Waals surface area (Å²) in [6.07, 6.45) is 3.35. The van der Waals surface area contributed by atoms with Crippen molar-refractivity contribution in [2.75, 3.05) is 6.54 Å². The minimum atomic E-state index is -0.288. The maximum Gasteiger partial charge on any atom is 0.253 e. The van der Waals surface area contributed by atoms with Gasteiger partial charge in [0.2, 0.25) is 5.91 Å². The lowest BCUT2D eigenvalue weighted by molar-refractivity contribution is -0.125. The van der Waals surface area contributed by atoms with Crippen LogP contribution in [0.2, 0.25) is 0 Å². The monoisotopic (exact) mass is 222 g/mol. The molecule has 0 atom stereocenters. The van der Waals surface area contributed by atoms with Crippen LogP contribution in [0.15, 0.2) is 24.5 Å². The highest BCUT2D eigenvalue weighted by molar-refractivity contribution is 5.83. The van der Waals surface area contributed by atoms with E-state index in [0.717, 1.165) is 5.56 Å². The molecule has 0 saturated carbocycles. The summed E-state index contributed by atoms with van der Waals surface area (Å²) in [5.41, 5.74) is 6.22. The Morgan fingerprint density at radius 1 is 1.31 bits per heavy atom. The normalized spacial score (nSPS) is 9.56. The van der Waals surface area contributed by atoms with Crippen LogP contribution >= 0.6 is 0 Å². The highest BCUT2D eigenvalue weighted by Crippen LogP contribution is 1.93. The zero-order valence-corrected chi connectivity index (χ0v) is 8.99. The Morgan fingerprint density at radius 2 is 2.00 bits per heavy atom. The van der Waals surface area contributed by atoms with Crippen molar-refractivity contribution in [3.63, 3.8) is 0 Å². The quantitative estimate of drug-likeness (QED) is 0.577. The van der Waals surface area contributed by atoms with Crippen molar-refractivity contribution in [2.45, 2.75) is 13.5 Å². The topological polar surface area (TPSA) is 83.1 Å². The Bertz CT molecular complexity index is 353. The zero-order chi connectivity index (χ0) is 11.8. The van der Waals surface area contributed by atoms with Gasteiger partial charge in [-0.25, -0.2) is 5.43 Å². The second-order valence-electron chi connectivity index (χ2n) is 3.17. The van der Waals surface area contributed by atoms with Crippen molar-refractivity contribution >= 4 is 11.8 Å². The number of hydrogen-bond acceptors (Lipinski definition) is 4. The van der Waals surface area contributed by atoms with Gasteiger partial charge in [0.15, 0.2) is 0 Å². The Kier molecular flexibility index (Phi) is 4.94. The predicted molar refractivity (Wildman–Crippen MR) is 57.9 cm³/mol. The van der Waals surface area contributed by atoms with E-state index in [1.54, 1.807) is 12.4 Å².